The highest BCUT2D eigenvalue weighted by atomic mass is 79.9. The van der Waals surface area contributed by atoms with Crippen LogP contribution in [0.3, 0.4) is 0 Å². The number of nitrogens with zero attached hydrogens (tertiary/aromatic N) is 3. The number of carbonyl (C=O) groups excluding carboxylic acids is 1. The molecule has 4 rings (SSSR count). The number of rotatable bonds is 5. The zero-order chi connectivity index (χ0) is 20.2. The molecule has 0 aliphatic heterocycles. The smallest absolute Gasteiger partial charge is 0.255 e. The Morgan fingerprint density at radius 1 is 0.966 bits per heavy atom. The number of benzene rings is 3. The number of halogens is 1. The second kappa shape index (κ2) is 8.28. The summed E-state index contributed by atoms with van der Waals surface area (Å²) in [5.74, 6) is 0.525. The minimum absolute atomic E-state index is 0.184. The van der Waals surface area contributed by atoms with Crippen molar-refractivity contribution in [1.29, 1.82) is 0 Å². The standard InChI is InChI=1S/C22H17BrN4O2/c1-29-20-12-4-16(5-13-20)22(28)25-18-8-10-19(11-9-18)27-21(14-24-26-27)15-2-6-17(23)7-3-15/h2-14H,1H3,(H,25,28). The van der Waals surface area contributed by atoms with E-state index in [1.54, 1.807) is 42.3 Å². The fourth-order valence-electron chi connectivity index (χ4n) is 2.87. The molecule has 144 valence electrons. The van der Waals surface area contributed by atoms with Crippen LogP contribution in [0.25, 0.3) is 16.9 Å². The molecule has 29 heavy (non-hydrogen) atoms. The Labute approximate surface area is 176 Å². The summed E-state index contributed by atoms with van der Waals surface area (Å²) >= 11 is 3.44. The van der Waals surface area contributed by atoms with Crippen molar-refractivity contribution in [2.24, 2.45) is 0 Å². The zero-order valence-electron chi connectivity index (χ0n) is 15.5. The molecule has 0 bridgehead atoms. The van der Waals surface area contributed by atoms with Gasteiger partial charge in [0.1, 0.15) is 5.75 Å². The third-order valence-electron chi connectivity index (χ3n) is 4.41. The van der Waals surface area contributed by atoms with E-state index in [-0.39, 0.29) is 5.91 Å². The molecule has 0 atom stereocenters. The highest BCUT2D eigenvalue weighted by Gasteiger charge is 2.10. The van der Waals surface area contributed by atoms with Crippen molar-refractivity contribution in [3.63, 3.8) is 0 Å². The number of carbonyl (C=O) groups is 1. The van der Waals surface area contributed by atoms with Crippen molar-refractivity contribution < 1.29 is 9.53 Å². The van der Waals surface area contributed by atoms with Gasteiger partial charge in [0.2, 0.25) is 0 Å². The van der Waals surface area contributed by atoms with Crippen LogP contribution in [0, 0.1) is 0 Å². The molecule has 0 aliphatic carbocycles. The Morgan fingerprint density at radius 2 is 1.66 bits per heavy atom. The van der Waals surface area contributed by atoms with E-state index < -0.39 is 0 Å². The minimum Gasteiger partial charge on any atom is -0.497 e. The van der Waals surface area contributed by atoms with Crippen LogP contribution in [0.5, 0.6) is 5.75 Å². The largest absolute Gasteiger partial charge is 0.497 e. The van der Waals surface area contributed by atoms with Gasteiger partial charge in [0, 0.05) is 21.3 Å². The summed E-state index contributed by atoms with van der Waals surface area (Å²) in [5.41, 5.74) is 3.99. The van der Waals surface area contributed by atoms with Crippen molar-refractivity contribution in [2.75, 3.05) is 12.4 Å². The first-order chi connectivity index (χ1) is 14.1. The van der Waals surface area contributed by atoms with Gasteiger partial charge in [0.05, 0.1) is 24.7 Å². The molecule has 0 fully saturated rings. The van der Waals surface area contributed by atoms with Crippen LogP contribution in [0.4, 0.5) is 5.69 Å². The Bertz CT molecular complexity index is 1120. The fourth-order valence-corrected chi connectivity index (χ4v) is 3.14. The van der Waals surface area contributed by atoms with Gasteiger partial charge in [-0.3, -0.25) is 4.79 Å². The number of anilines is 1. The van der Waals surface area contributed by atoms with E-state index in [1.165, 1.54) is 0 Å². The molecule has 4 aromatic rings. The van der Waals surface area contributed by atoms with Crippen molar-refractivity contribution in [1.82, 2.24) is 15.0 Å². The van der Waals surface area contributed by atoms with E-state index in [9.17, 15) is 4.79 Å². The number of hydrogen-bond acceptors (Lipinski definition) is 4. The third-order valence-corrected chi connectivity index (χ3v) is 4.94. The summed E-state index contributed by atoms with van der Waals surface area (Å²) in [7, 11) is 1.59. The number of amides is 1. The average molecular weight is 449 g/mol. The van der Waals surface area contributed by atoms with Gasteiger partial charge >= 0.3 is 0 Å². The van der Waals surface area contributed by atoms with E-state index >= 15 is 0 Å². The molecule has 0 unspecified atom stereocenters. The molecule has 6 nitrogen and oxygen atoms in total. The molecule has 0 saturated carbocycles. The Hall–Kier alpha value is -3.45. The van der Waals surface area contributed by atoms with E-state index in [4.69, 9.17) is 4.74 Å². The number of ether oxygens (including phenoxy) is 1. The van der Waals surface area contributed by atoms with Gasteiger partial charge < -0.3 is 10.1 Å². The predicted molar refractivity (Wildman–Crippen MR) is 115 cm³/mol. The van der Waals surface area contributed by atoms with Gasteiger partial charge in [-0.2, -0.15) is 0 Å². The molecule has 1 N–H and O–H groups in total. The van der Waals surface area contributed by atoms with Crippen LogP contribution in [0.2, 0.25) is 0 Å². The van der Waals surface area contributed by atoms with Gasteiger partial charge in [0.15, 0.2) is 0 Å². The zero-order valence-corrected chi connectivity index (χ0v) is 17.1. The molecule has 1 amide bonds. The van der Waals surface area contributed by atoms with Crippen LogP contribution in [0.1, 0.15) is 10.4 Å². The third kappa shape index (κ3) is 4.20. The first-order valence-electron chi connectivity index (χ1n) is 8.86. The van der Waals surface area contributed by atoms with E-state index in [2.05, 4.69) is 31.6 Å². The van der Waals surface area contributed by atoms with Crippen LogP contribution in [0.15, 0.2) is 83.5 Å². The van der Waals surface area contributed by atoms with Gasteiger partial charge in [-0.15, -0.1) is 5.10 Å². The monoisotopic (exact) mass is 448 g/mol. The van der Waals surface area contributed by atoms with Gasteiger partial charge in [-0.25, -0.2) is 4.68 Å². The first kappa shape index (κ1) is 18.9. The summed E-state index contributed by atoms with van der Waals surface area (Å²) < 4.78 is 7.89. The Balaban J connectivity index is 1.52. The Kier molecular flexibility index (Phi) is 5.39. The summed E-state index contributed by atoms with van der Waals surface area (Å²) in [6, 6.07) is 22.4. The van der Waals surface area contributed by atoms with Crippen LogP contribution >= 0.6 is 15.9 Å². The molecule has 3 aromatic carbocycles. The molecule has 1 aromatic heterocycles. The van der Waals surface area contributed by atoms with E-state index in [1.807, 2.05) is 48.5 Å². The first-order valence-corrected chi connectivity index (χ1v) is 9.66. The maximum absolute atomic E-state index is 12.4. The predicted octanol–water partition coefficient (Wildman–Crippen LogP) is 4.96. The minimum atomic E-state index is -0.184. The number of nitrogens with one attached hydrogen (secondary N) is 1. The topological polar surface area (TPSA) is 69.0 Å². The summed E-state index contributed by atoms with van der Waals surface area (Å²) in [5, 5.41) is 11.1. The normalized spacial score (nSPS) is 10.6. The van der Waals surface area contributed by atoms with Gasteiger partial charge in [0.25, 0.3) is 5.91 Å². The lowest BCUT2D eigenvalue weighted by Crippen LogP contribution is -2.11. The Morgan fingerprint density at radius 3 is 2.31 bits per heavy atom. The van der Waals surface area contributed by atoms with E-state index in [0.29, 0.717) is 17.0 Å². The summed E-state index contributed by atoms with van der Waals surface area (Å²) in [4.78, 5) is 12.4. The quantitative estimate of drug-likeness (QED) is 0.468. The van der Waals surface area contributed by atoms with Crippen LogP contribution < -0.4 is 10.1 Å². The van der Waals surface area contributed by atoms with E-state index in [0.717, 1.165) is 21.4 Å². The second-order valence-electron chi connectivity index (χ2n) is 6.27. The van der Waals surface area contributed by atoms with Crippen molar-refractivity contribution >= 4 is 27.5 Å². The molecule has 7 heteroatoms. The lowest BCUT2D eigenvalue weighted by Gasteiger charge is -2.09. The lowest BCUT2D eigenvalue weighted by molar-refractivity contribution is 0.102. The number of hydrogen-bond donors (Lipinski definition) is 1. The van der Waals surface area contributed by atoms with Crippen molar-refractivity contribution in [3.8, 4) is 22.7 Å². The fraction of sp³-hybridized carbons (Fsp3) is 0.0455. The maximum Gasteiger partial charge on any atom is 0.255 e. The summed E-state index contributed by atoms with van der Waals surface area (Å²) in [6.07, 6.45) is 1.72. The lowest BCUT2D eigenvalue weighted by atomic mass is 10.1. The molecule has 1 heterocycles. The molecule has 0 spiro atoms. The molecular weight excluding hydrogens is 432 g/mol. The number of aromatic nitrogens is 3. The average Bonchev–Trinajstić information content (AvgIpc) is 3.25. The maximum atomic E-state index is 12.4. The molecule has 0 radical (unpaired) electrons. The van der Waals surface area contributed by atoms with Crippen molar-refractivity contribution in [2.45, 2.75) is 0 Å². The number of methoxy groups -OCH3 is 1. The van der Waals surface area contributed by atoms with Crippen LogP contribution in [-0.4, -0.2) is 28.0 Å². The van der Waals surface area contributed by atoms with Gasteiger partial charge in [-0.05, 0) is 60.7 Å². The summed E-state index contributed by atoms with van der Waals surface area (Å²) in [6.45, 7) is 0. The van der Waals surface area contributed by atoms with Crippen LogP contribution in [-0.2, 0) is 0 Å². The highest BCUT2D eigenvalue weighted by molar-refractivity contribution is 9.10. The second-order valence-corrected chi connectivity index (χ2v) is 7.18. The van der Waals surface area contributed by atoms with Crippen molar-refractivity contribution in [3.05, 3.63) is 89.0 Å². The van der Waals surface area contributed by atoms with Gasteiger partial charge in [-0.1, -0.05) is 33.3 Å². The molecule has 0 aliphatic rings. The SMILES string of the molecule is COc1ccc(C(=O)Nc2ccc(-n3nncc3-c3ccc(Br)cc3)cc2)cc1. The highest BCUT2D eigenvalue weighted by Crippen LogP contribution is 2.24. The molecule has 0 saturated heterocycles. The molecular formula is C22H17BrN4O2.